The summed E-state index contributed by atoms with van der Waals surface area (Å²) in [6.07, 6.45) is 6.60. The van der Waals surface area contributed by atoms with Crippen molar-refractivity contribution in [3.05, 3.63) is 42.0 Å². The Balaban J connectivity index is 1.48. The third kappa shape index (κ3) is 6.62. The number of carbonyl (C=O) groups is 2. The second kappa shape index (κ2) is 10.6. The number of benzene rings is 1. The van der Waals surface area contributed by atoms with E-state index >= 15 is 0 Å². The van der Waals surface area contributed by atoms with Gasteiger partial charge in [-0.3, -0.25) is 9.79 Å². The van der Waals surface area contributed by atoms with E-state index in [0.29, 0.717) is 18.9 Å². The zero-order chi connectivity index (χ0) is 20.5. The van der Waals surface area contributed by atoms with Gasteiger partial charge in [0, 0.05) is 37.9 Å². The largest absolute Gasteiger partial charge is 0.463 e. The van der Waals surface area contributed by atoms with Gasteiger partial charge in [0.1, 0.15) is 0 Å². The number of nitrogens with zero attached hydrogens (tertiary/aromatic N) is 2. The molecule has 0 unspecified atom stereocenters. The Labute approximate surface area is 172 Å². The summed E-state index contributed by atoms with van der Waals surface area (Å²) >= 11 is 0. The average Bonchev–Trinajstić information content (AvgIpc) is 2.74. The van der Waals surface area contributed by atoms with E-state index in [0.717, 1.165) is 62.7 Å². The van der Waals surface area contributed by atoms with Crippen molar-refractivity contribution in [3.8, 4) is 0 Å². The number of likely N-dealkylation sites (tertiary alicyclic amines) is 1. The van der Waals surface area contributed by atoms with E-state index in [9.17, 15) is 9.59 Å². The molecule has 0 atom stereocenters. The molecule has 1 saturated heterocycles. The van der Waals surface area contributed by atoms with Crippen LogP contribution in [0.2, 0.25) is 0 Å². The molecule has 156 valence electrons. The molecule has 1 fully saturated rings. The van der Waals surface area contributed by atoms with Gasteiger partial charge in [0.15, 0.2) is 5.96 Å². The maximum atomic E-state index is 12.7. The van der Waals surface area contributed by atoms with Crippen molar-refractivity contribution in [1.29, 1.82) is 0 Å². The minimum Gasteiger partial charge on any atom is -0.463 e. The van der Waals surface area contributed by atoms with Crippen molar-refractivity contribution in [3.63, 3.8) is 0 Å². The number of hydrogen-bond donors (Lipinski definition) is 2. The summed E-state index contributed by atoms with van der Waals surface area (Å²) < 4.78 is 4.91. The van der Waals surface area contributed by atoms with Gasteiger partial charge in [-0.05, 0) is 49.8 Å². The number of esters is 1. The number of hydrogen-bond acceptors (Lipinski definition) is 6. The third-order valence-electron chi connectivity index (χ3n) is 5.13. The number of anilines is 1. The first-order valence-electron chi connectivity index (χ1n) is 10.4. The molecule has 0 spiro atoms. The summed E-state index contributed by atoms with van der Waals surface area (Å²) in [6.45, 7) is 5.37. The Hall–Kier alpha value is -2.83. The highest BCUT2D eigenvalue weighted by Crippen LogP contribution is 2.20. The Morgan fingerprint density at radius 2 is 2.17 bits per heavy atom. The fourth-order valence-corrected chi connectivity index (χ4v) is 3.54. The number of guanidine groups is 1. The molecule has 1 aromatic carbocycles. The van der Waals surface area contributed by atoms with E-state index in [-0.39, 0.29) is 11.9 Å². The Morgan fingerprint density at radius 1 is 1.34 bits per heavy atom. The van der Waals surface area contributed by atoms with Gasteiger partial charge in [0.25, 0.3) is 0 Å². The van der Waals surface area contributed by atoms with E-state index in [2.05, 4.69) is 15.6 Å². The number of amides is 1. The number of rotatable bonds is 6. The first kappa shape index (κ1) is 20.9. The summed E-state index contributed by atoms with van der Waals surface area (Å²) in [5.74, 6) is 0.953. The molecule has 0 bridgehead atoms. The summed E-state index contributed by atoms with van der Waals surface area (Å²) in [7, 11) is 0. The zero-order valence-corrected chi connectivity index (χ0v) is 17.0. The quantitative estimate of drug-likeness (QED) is 0.568. The van der Waals surface area contributed by atoms with Crippen LogP contribution in [0.15, 0.2) is 41.4 Å². The Bertz CT molecular complexity index is 767. The first-order valence-corrected chi connectivity index (χ1v) is 10.4. The molecule has 2 heterocycles. The normalized spacial score (nSPS) is 17.6. The molecule has 2 N–H and O–H groups in total. The van der Waals surface area contributed by atoms with E-state index in [1.54, 1.807) is 6.92 Å². The fourth-order valence-electron chi connectivity index (χ4n) is 3.54. The standard InChI is InChI=1S/C22H30N4O3/c1-2-29-21(28)8-7-17-9-13-26(14-10-17)20(27)16-18-5-3-6-19(15-18)25-22-23-11-4-12-24-22/h3,5-8,15,17H,2,4,9-14,16H2,1H3,(H2,23,24,25)/b8-7+. The summed E-state index contributed by atoms with van der Waals surface area (Å²) in [5, 5.41) is 6.52. The summed E-state index contributed by atoms with van der Waals surface area (Å²) in [4.78, 5) is 30.5. The van der Waals surface area contributed by atoms with Gasteiger partial charge in [-0.25, -0.2) is 4.79 Å². The van der Waals surface area contributed by atoms with Crippen LogP contribution in [0.3, 0.4) is 0 Å². The number of piperidine rings is 1. The lowest BCUT2D eigenvalue weighted by Gasteiger charge is -2.30. The van der Waals surface area contributed by atoms with Gasteiger partial charge in [0.05, 0.1) is 13.0 Å². The van der Waals surface area contributed by atoms with Gasteiger partial charge < -0.3 is 20.3 Å². The van der Waals surface area contributed by atoms with Gasteiger partial charge >= 0.3 is 5.97 Å². The minimum absolute atomic E-state index is 0.142. The van der Waals surface area contributed by atoms with Crippen LogP contribution in [0.1, 0.15) is 31.7 Å². The lowest BCUT2D eigenvalue weighted by atomic mass is 9.96. The van der Waals surface area contributed by atoms with Crippen LogP contribution < -0.4 is 10.6 Å². The van der Waals surface area contributed by atoms with E-state index in [4.69, 9.17) is 4.74 Å². The van der Waals surface area contributed by atoms with Crippen LogP contribution in [0.25, 0.3) is 0 Å². The second-order valence-electron chi connectivity index (χ2n) is 7.34. The van der Waals surface area contributed by atoms with Crippen molar-refractivity contribution in [2.75, 3.05) is 38.1 Å². The minimum atomic E-state index is -0.297. The van der Waals surface area contributed by atoms with Crippen LogP contribution in [-0.4, -0.2) is 55.5 Å². The number of allylic oxidation sites excluding steroid dienone is 1. The molecule has 2 aliphatic rings. The fraction of sp³-hybridized carbons (Fsp3) is 0.500. The number of aliphatic imine (C=N–C) groups is 1. The molecule has 7 heteroatoms. The van der Waals surface area contributed by atoms with E-state index in [1.165, 1.54) is 6.08 Å². The molecule has 0 saturated carbocycles. The predicted octanol–water partition coefficient (Wildman–Crippen LogP) is 2.35. The lowest BCUT2D eigenvalue weighted by molar-refractivity contribution is -0.137. The van der Waals surface area contributed by atoms with Gasteiger partial charge in [-0.15, -0.1) is 0 Å². The molecule has 1 aromatic rings. The molecule has 0 aromatic heterocycles. The van der Waals surface area contributed by atoms with Crippen LogP contribution in [0.5, 0.6) is 0 Å². The second-order valence-corrected chi connectivity index (χ2v) is 7.34. The molecular formula is C22H30N4O3. The smallest absolute Gasteiger partial charge is 0.330 e. The summed E-state index contributed by atoms with van der Waals surface area (Å²) in [6, 6.07) is 7.93. The summed E-state index contributed by atoms with van der Waals surface area (Å²) in [5.41, 5.74) is 1.92. The van der Waals surface area contributed by atoms with Crippen LogP contribution in [-0.2, 0) is 20.7 Å². The maximum absolute atomic E-state index is 12.7. The lowest BCUT2D eigenvalue weighted by Crippen LogP contribution is -2.39. The van der Waals surface area contributed by atoms with Gasteiger partial charge in [-0.1, -0.05) is 18.2 Å². The van der Waals surface area contributed by atoms with Crippen molar-refractivity contribution in [2.45, 2.75) is 32.6 Å². The SMILES string of the molecule is CCOC(=O)/C=C/C1CCN(C(=O)Cc2cccc(NC3=NCCCN3)c2)CC1. The Morgan fingerprint density at radius 3 is 2.90 bits per heavy atom. The number of carbonyl (C=O) groups excluding carboxylic acids is 2. The van der Waals surface area contributed by atoms with Crippen molar-refractivity contribution in [2.24, 2.45) is 10.9 Å². The number of ether oxygens (including phenoxy) is 1. The number of nitrogens with one attached hydrogen (secondary N) is 2. The zero-order valence-electron chi connectivity index (χ0n) is 17.0. The van der Waals surface area contributed by atoms with Crippen LogP contribution in [0.4, 0.5) is 5.69 Å². The molecule has 0 radical (unpaired) electrons. The average molecular weight is 399 g/mol. The first-order chi connectivity index (χ1) is 14.1. The predicted molar refractivity (Wildman–Crippen MR) is 114 cm³/mol. The van der Waals surface area contributed by atoms with Gasteiger partial charge in [0.2, 0.25) is 5.91 Å². The van der Waals surface area contributed by atoms with Crippen LogP contribution in [0, 0.1) is 5.92 Å². The topological polar surface area (TPSA) is 83.0 Å². The van der Waals surface area contributed by atoms with Crippen molar-refractivity contribution in [1.82, 2.24) is 10.2 Å². The van der Waals surface area contributed by atoms with Crippen molar-refractivity contribution < 1.29 is 14.3 Å². The van der Waals surface area contributed by atoms with Gasteiger partial charge in [-0.2, -0.15) is 0 Å². The molecule has 7 nitrogen and oxygen atoms in total. The molecule has 29 heavy (non-hydrogen) atoms. The maximum Gasteiger partial charge on any atom is 0.330 e. The van der Waals surface area contributed by atoms with E-state index in [1.807, 2.05) is 35.2 Å². The van der Waals surface area contributed by atoms with E-state index < -0.39 is 0 Å². The molecule has 3 rings (SSSR count). The molecule has 1 amide bonds. The van der Waals surface area contributed by atoms with Crippen molar-refractivity contribution >= 4 is 23.5 Å². The molecule has 0 aliphatic carbocycles. The highest BCUT2D eigenvalue weighted by Gasteiger charge is 2.21. The monoisotopic (exact) mass is 398 g/mol. The van der Waals surface area contributed by atoms with Crippen LogP contribution >= 0.6 is 0 Å². The molecule has 2 aliphatic heterocycles. The molecular weight excluding hydrogens is 368 g/mol. The highest BCUT2D eigenvalue weighted by molar-refractivity contribution is 5.94. The highest BCUT2D eigenvalue weighted by atomic mass is 16.5. The Kier molecular flexibility index (Phi) is 7.67. The third-order valence-corrected chi connectivity index (χ3v) is 5.13.